The average molecular weight is 641 g/mol. The summed E-state index contributed by atoms with van der Waals surface area (Å²) < 4.78 is 2.21. The molecule has 1 atom stereocenters. The molecule has 3 N–H and O–H groups in total. The van der Waals surface area contributed by atoms with Crippen molar-refractivity contribution in [3.05, 3.63) is 180 Å². The molecular weight excluding hydrogens is 608 g/mol. The molecule has 0 radical (unpaired) electrons. The van der Waals surface area contributed by atoms with Gasteiger partial charge in [-0.1, -0.05) is 109 Å². The van der Waals surface area contributed by atoms with Crippen LogP contribution in [0.1, 0.15) is 45.8 Å². The Morgan fingerprint density at radius 3 is 1.84 bits per heavy atom. The van der Waals surface area contributed by atoms with E-state index in [1.54, 1.807) is 30.6 Å². The first-order valence-corrected chi connectivity index (χ1v) is 16.1. The number of amides is 1. The monoisotopic (exact) mass is 640 g/mol. The molecule has 1 unspecified atom stereocenters. The maximum atomic E-state index is 13.5. The fourth-order valence-electron chi connectivity index (χ4n) is 6.84. The predicted octanol–water partition coefficient (Wildman–Crippen LogP) is 8.01. The van der Waals surface area contributed by atoms with Crippen molar-refractivity contribution in [2.45, 2.75) is 18.5 Å². The number of benzene rings is 5. The highest BCUT2D eigenvalue weighted by atomic mass is 16.3. The topological polar surface area (TPSA) is 109 Å². The number of imidazole rings is 1. The Balaban J connectivity index is 1.38. The Morgan fingerprint density at radius 2 is 1.27 bits per heavy atom. The smallest absolute Gasteiger partial charge is 0.289 e. The number of aromatic nitrogens is 5. The summed E-state index contributed by atoms with van der Waals surface area (Å²) in [5.41, 5.74) is 6.88. The van der Waals surface area contributed by atoms with Gasteiger partial charge in [-0.15, -0.1) is 0 Å². The van der Waals surface area contributed by atoms with Crippen LogP contribution in [-0.2, 0) is 5.54 Å². The van der Waals surface area contributed by atoms with Crippen LogP contribution in [0.2, 0.25) is 0 Å². The Morgan fingerprint density at radius 1 is 0.735 bits per heavy atom. The minimum atomic E-state index is -0.825. The lowest BCUT2D eigenvalue weighted by Crippen LogP contribution is -2.38. The molecule has 3 heterocycles. The number of nitrogens with zero attached hydrogens (tertiary/aromatic N) is 4. The van der Waals surface area contributed by atoms with Gasteiger partial charge in [-0.05, 0) is 53.9 Å². The first-order valence-electron chi connectivity index (χ1n) is 16.1. The summed E-state index contributed by atoms with van der Waals surface area (Å²) in [6.45, 7) is 1.82. The number of rotatable bonds is 8. The van der Waals surface area contributed by atoms with Gasteiger partial charge in [0.25, 0.3) is 5.91 Å². The number of nitrogens with one attached hydrogen (secondary N) is 2. The van der Waals surface area contributed by atoms with Gasteiger partial charge in [-0.3, -0.25) is 19.6 Å². The average Bonchev–Trinajstić information content (AvgIpc) is 3.74. The molecule has 0 aliphatic rings. The molecule has 5 aromatic carbocycles. The lowest BCUT2D eigenvalue weighted by molar-refractivity contribution is 0.0930. The molecule has 0 fully saturated rings. The number of fused-ring (bicyclic) bond motifs is 2. The van der Waals surface area contributed by atoms with E-state index in [0.29, 0.717) is 16.6 Å². The van der Waals surface area contributed by atoms with Crippen LogP contribution in [-0.4, -0.2) is 35.7 Å². The summed E-state index contributed by atoms with van der Waals surface area (Å²) in [5, 5.41) is 18.0. The van der Waals surface area contributed by atoms with Gasteiger partial charge in [0.05, 0.1) is 28.3 Å². The van der Waals surface area contributed by atoms with Gasteiger partial charge in [-0.25, -0.2) is 9.97 Å². The third kappa shape index (κ3) is 5.10. The van der Waals surface area contributed by atoms with E-state index in [4.69, 9.17) is 9.97 Å². The zero-order chi connectivity index (χ0) is 33.4. The molecule has 8 rings (SSSR count). The summed E-state index contributed by atoms with van der Waals surface area (Å²) in [7, 11) is 0. The first-order chi connectivity index (χ1) is 24.0. The van der Waals surface area contributed by atoms with Gasteiger partial charge >= 0.3 is 0 Å². The molecular formula is C41H32N6O2. The van der Waals surface area contributed by atoms with E-state index in [9.17, 15) is 9.90 Å². The quantitative estimate of drug-likeness (QED) is 0.146. The largest absolute Gasteiger partial charge is 0.508 e. The molecule has 49 heavy (non-hydrogen) atoms. The van der Waals surface area contributed by atoms with Crippen molar-refractivity contribution in [3.8, 4) is 17.0 Å². The van der Waals surface area contributed by atoms with Crippen LogP contribution in [0.3, 0.4) is 0 Å². The third-order valence-corrected chi connectivity index (χ3v) is 9.11. The molecule has 0 aliphatic heterocycles. The van der Waals surface area contributed by atoms with Crippen LogP contribution < -0.4 is 5.32 Å². The van der Waals surface area contributed by atoms with E-state index in [1.807, 2.05) is 55.5 Å². The van der Waals surface area contributed by atoms with Crippen LogP contribution in [0.4, 0.5) is 0 Å². The number of hydrogen-bond donors (Lipinski definition) is 3. The number of aromatic hydroxyl groups is 1. The number of carbonyl (C=O) groups is 1. The van der Waals surface area contributed by atoms with Crippen LogP contribution >= 0.6 is 0 Å². The summed E-state index contributed by atoms with van der Waals surface area (Å²) in [6.07, 6.45) is 3.56. The SMILES string of the molecule is CC(NC(=O)c1nc2cc3c(-c4ccncc4)[nH]n(C(c4ccccc4)(c4ccccc4)c4ccccc4)c3cc2n1)c1ccccc1O. The van der Waals surface area contributed by atoms with E-state index < -0.39 is 17.5 Å². The molecule has 8 heteroatoms. The normalized spacial score (nSPS) is 12.3. The fourth-order valence-corrected chi connectivity index (χ4v) is 6.84. The van der Waals surface area contributed by atoms with Crippen molar-refractivity contribution >= 4 is 27.8 Å². The molecule has 8 nitrogen and oxygen atoms in total. The maximum Gasteiger partial charge on any atom is 0.289 e. The molecule has 0 saturated carbocycles. The number of hydrogen-bond acceptors (Lipinski definition) is 5. The Labute approximate surface area is 282 Å². The summed E-state index contributed by atoms with van der Waals surface area (Å²) >= 11 is 0. The Bertz CT molecular complexity index is 2310. The number of H-pyrrole nitrogens is 1. The molecule has 0 spiro atoms. The van der Waals surface area contributed by atoms with Crippen molar-refractivity contribution < 1.29 is 9.90 Å². The van der Waals surface area contributed by atoms with E-state index in [-0.39, 0.29) is 11.6 Å². The number of para-hydroxylation sites is 1. The lowest BCUT2D eigenvalue weighted by Gasteiger charge is -2.37. The zero-order valence-corrected chi connectivity index (χ0v) is 26.7. The zero-order valence-electron chi connectivity index (χ0n) is 26.7. The van der Waals surface area contributed by atoms with Crippen molar-refractivity contribution in [1.29, 1.82) is 0 Å². The van der Waals surface area contributed by atoms with E-state index >= 15 is 0 Å². The molecule has 3 aromatic heterocycles. The van der Waals surface area contributed by atoms with E-state index in [0.717, 1.165) is 38.9 Å². The lowest BCUT2D eigenvalue weighted by atomic mass is 9.77. The van der Waals surface area contributed by atoms with Crippen molar-refractivity contribution in [2.75, 3.05) is 0 Å². The van der Waals surface area contributed by atoms with E-state index in [1.165, 1.54) is 0 Å². The molecule has 238 valence electrons. The van der Waals surface area contributed by atoms with Crippen LogP contribution in [0.15, 0.2) is 152 Å². The molecule has 0 aliphatic carbocycles. The highest BCUT2D eigenvalue weighted by Gasteiger charge is 2.40. The predicted molar refractivity (Wildman–Crippen MR) is 191 cm³/mol. The van der Waals surface area contributed by atoms with Crippen molar-refractivity contribution in [1.82, 2.24) is 30.0 Å². The number of phenolic OH excluding ortho intramolecular Hbond substituents is 1. The Hall–Kier alpha value is -6.54. The summed E-state index contributed by atoms with van der Waals surface area (Å²) in [6, 6.07) is 45.8. The summed E-state index contributed by atoms with van der Waals surface area (Å²) in [5.74, 6) is -0.246. The maximum absolute atomic E-state index is 13.5. The molecule has 0 bridgehead atoms. The molecule has 1 amide bonds. The molecule has 8 aromatic rings. The standard InChI is InChI=1S/C41H32N6O2/c1-27(32-19-11-12-20-37(32)48)43-40(49)39-44-34-25-33-36(26-35(34)45-39)47(46-38(33)28-21-23-42-24-22-28)41(29-13-5-2-6-14-29,30-15-7-3-8-16-30)31-17-9-4-10-18-31/h2-27,46,48H,1H3,(H,43,49). The van der Waals surface area contributed by atoms with Crippen LogP contribution in [0.25, 0.3) is 33.2 Å². The number of pyridine rings is 1. The van der Waals surface area contributed by atoms with Gasteiger partial charge in [0.1, 0.15) is 11.3 Å². The number of phenols is 1. The minimum Gasteiger partial charge on any atom is -0.508 e. The second kappa shape index (κ2) is 12.2. The second-order valence-electron chi connectivity index (χ2n) is 12.0. The Kier molecular flexibility index (Phi) is 7.45. The summed E-state index contributed by atoms with van der Waals surface area (Å²) in [4.78, 5) is 27.2. The number of carbonyl (C=O) groups excluding carboxylic acids is 1. The first kappa shape index (κ1) is 29.8. The van der Waals surface area contributed by atoms with Gasteiger partial charge in [-0.2, -0.15) is 0 Å². The van der Waals surface area contributed by atoms with E-state index in [2.05, 4.69) is 92.9 Å². The van der Waals surface area contributed by atoms with Gasteiger partial charge in [0.15, 0.2) is 0 Å². The third-order valence-electron chi connectivity index (χ3n) is 9.11. The van der Waals surface area contributed by atoms with Crippen molar-refractivity contribution in [2.24, 2.45) is 0 Å². The highest BCUT2D eigenvalue weighted by Crippen LogP contribution is 2.44. The van der Waals surface area contributed by atoms with Gasteiger partial charge in [0, 0.05) is 28.9 Å². The molecule has 0 saturated heterocycles. The number of aromatic amines is 1. The van der Waals surface area contributed by atoms with Crippen molar-refractivity contribution in [3.63, 3.8) is 0 Å². The van der Waals surface area contributed by atoms with Gasteiger partial charge < -0.3 is 10.4 Å². The van der Waals surface area contributed by atoms with Crippen LogP contribution in [0.5, 0.6) is 5.75 Å². The fraction of sp³-hybridized carbons (Fsp3) is 0.0732. The van der Waals surface area contributed by atoms with Crippen LogP contribution in [0, 0.1) is 0 Å². The highest BCUT2D eigenvalue weighted by molar-refractivity contribution is 6.03. The minimum absolute atomic E-state index is 0.0614. The van der Waals surface area contributed by atoms with Gasteiger partial charge in [0.2, 0.25) is 5.82 Å². The second-order valence-corrected chi connectivity index (χ2v) is 12.0.